The van der Waals surface area contributed by atoms with E-state index in [0.717, 1.165) is 17.8 Å². The van der Waals surface area contributed by atoms with Crippen LogP contribution in [0.15, 0.2) is 36.5 Å². The molecule has 0 unspecified atom stereocenters. The van der Waals surface area contributed by atoms with Crippen LogP contribution < -0.4 is 24.7 Å². The molecule has 3 heterocycles. The number of hydrogen-bond acceptors (Lipinski definition) is 4. The molecular formula is C20H21F3N3O3+. The third kappa shape index (κ3) is 4.38. The summed E-state index contributed by atoms with van der Waals surface area (Å²) in [6.45, 7) is 1.82. The molecule has 0 aliphatic carbocycles. The van der Waals surface area contributed by atoms with E-state index in [9.17, 15) is 18.0 Å². The molecule has 6 nitrogen and oxygen atoms in total. The molecule has 0 atom stereocenters. The second-order valence-electron chi connectivity index (χ2n) is 7.13. The Kier molecular flexibility index (Phi) is 5.21. The fourth-order valence-electron chi connectivity index (χ4n) is 3.56. The van der Waals surface area contributed by atoms with Gasteiger partial charge in [-0.05, 0) is 36.6 Å². The third-order valence-corrected chi connectivity index (χ3v) is 5.23. The first kappa shape index (κ1) is 19.4. The number of pyridine rings is 1. The second-order valence-corrected chi connectivity index (χ2v) is 7.13. The van der Waals surface area contributed by atoms with Crippen molar-refractivity contribution in [1.82, 2.24) is 5.32 Å². The lowest BCUT2D eigenvalue weighted by molar-refractivity contribution is -0.367. The van der Waals surface area contributed by atoms with Gasteiger partial charge in [0.15, 0.2) is 11.5 Å². The standard InChI is InChI=1S/C20H20F3N3O3/c21-20(22,23)15-2-4-18(24-11-15)26-7-5-14(6-8-26)19(27)25-10-13-1-3-16-17(9-13)29-12-28-16/h1-4,9,11,14H,5-8,10,12H2,(H,25,27)/p+1. The number of rotatable bonds is 4. The number of carbonyl (C=O) groups excluding carboxylic acids is 1. The number of piperidine rings is 1. The summed E-state index contributed by atoms with van der Waals surface area (Å²) in [5.74, 6) is 1.87. The molecule has 154 valence electrons. The van der Waals surface area contributed by atoms with Crippen molar-refractivity contribution in [2.24, 2.45) is 5.92 Å². The zero-order valence-electron chi connectivity index (χ0n) is 15.6. The third-order valence-electron chi connectivity index (χ3n) is 5.23. The SMILES string of the molecule is O=C(NCc1ccc2c(c1)OCO2)C1CCN(c2ccc(C(F)(F)F)c[nH+]2)CC1. The molecular weight excluding hydrogens is 387 g/mol. The molecule has 1 saturated heterocycles. The Morgan fingerprint density at radius 3 is 2.59 bits per heavy atom. The summed E-state index contributed by atoms with van der Waals surface area (Å²) in [6.07, 6.45) is -2.11. The molecule has 0 spiro atoms. The smallest absolute Gasteiger partial charge is 0.419 e. The molecule has 1 aromatic heterocycles. The van der Waals surface area contributed by atoms with Crippen LogP contribution in [0.25, 0.3) is 0 Å². The average molecular weight is 408 g/mol. The van der Waals surface area contributed by atoms with Gasteiger partial charge in [0.05, 0.1) is 18.7 Å². The van der Waals surface area contributed by atoms with Crippen molar-refractivity contribution in [3.63, 3.8) is 0 Å². The molecule has 2 N–H and O–H groups in total. The van der Waals surface area contributed by atoms with E-state index in [0.29, 0.717) is 49.8 Å². The normalized spacial score (nSPS) is 16.7. The zero-order chi connectivity index (χ0) is 20.4. The number of benzene rings is 1. The van der Waals surface area contributed by atoms with Crippen LogP contribution >= 0.6 is 0 Å². The fraction of sp³-hybridized carbons (Fsp3) is 0.400. The molecule has 2 aromatic rings. The van der Waals surface area contributed by atoms with Crippen LogP contribution in [-0.4, -0.2) is 25.8 Å². The highest BCUT2D eigenvalue weighted by atomic mass is 19.4. The van der Waals surface area contributed by atoms with Crippen LogP contribution in [0.1, 0.15) is 24.0 Å². The lowest BCUT2D eigenvalue weighted by atomic mass is 9.95. The zero-order valence-corrected chi connectivity index (χ0v) is 15.6. The van der Waals surface area contributed by atoms with E-state index in [4.69, 9.17) is 9.47 Å². The monoisotopic (exact) mass is 408 g/mol. The maximum Gasteiger partial charge on any atom is 0.419 e. The number of fused-ring (bicyclic) bond motifs is 1. The minimum absolute atomic E-state index is 0.0151. The van der Waals surface area contributed by atoms with Crippen LogP contribution in [0.5, 0.6) is 11.5 Å². The Labute approximate surface area is 165 Å². The number of nitrogens with one attached hydrogen (secondary N) is 2. The van der Waals surface area contributed by atoms with Crippen LogP contribution in [0.4, 0.5) is 19.0 Å². The number of anilines is 1. The second kappa shape index (κ2) is 7.81. The van der Waals surface area contributed by atoms with Crippen molar-refractivity contribution in [3.8, 4) is 11.5 Å². The summed E-state index contributed by atoms with van der Waals surface area (Å²) in [5.41, 5.74) is 0.221. The van der Waals surface area contributed by atoms with Crippen molar-refractivity contribution in [2.75, 3.05) is 24.8 Å². The highest BCUT2D eigenvalue weighted by Gasteiger charge is 2.33. The minimum atomic E-state index is -4.36. The molecule has 0 radical (unpaired) electrons. The predicted molar refractivity (Wildman–Crippen MR) is 97.3 cm³/mol. The van der Waals surface area contributed by atoms with Crippen LogP contribution in [0, 0.1) is 5.92 Å². The summed E-state index contributed by atoms with van der Waals surface area (Å²) in [5, 5.41) is 2.95. The van der Waals surface area contributed by atoms with Gasteiger partial charge in [-0.15, -0.1) is 0 Å². The van der Waals surface area contributed by atoms with Crippen LogP contribution in [-0.2, 0) is 17.5 Å². The molecule has 9 heteroatoms. The Bertz CT molecular complexity index is 879. The Morgan fingerprint density at radius 2 is 1.90 bits per heavy atom. The first-order valence-corrected chi connectivity index (χ1v) is 9.40. The number of alkyl halides is 3. The van der Waals surface area contributed by atoms with Gasteiger partial charge in [-0.1, -0.05) is 6.07 Å². The van der Waals surface area contributed by atoms with E-state index in [1.54, 1.807) is 0 Å². The van der Waals surface area contributed by atoms with Crippen LogP contribution in [0.3, 0.4) is 0 Å². The molecule has 29 heavy (non-hydrogen) atoms. The van der Waals surface area contributed by atoms with Crippen molar-refractivity contribution < 1.29 is 32.4 Å². The van der Waals surface area contributed by atoms with E-state index >= 15 is 0 Å². The first-order chi connectivity index (χ1) is 13.9. The molecule has 1 amide bonds. The van der Waals surface area contributed by atoms with Gasteiger partial charge in [0, 0.05) is 18.5 Å². The number of hydrogen-bond donors (Lipinski definition) is 1. The number of halogens is 3. The summed E-state index contributed by atoms with van der Waals surface area (Å²) in [4.78, 5) is 17.2. The molecule has 2 aliphatic heterocycles. The topological polar surface area (TPSA) is 64.9 Å². The maximum absolute atomic E-state index is 12.7. The number of amides is 1. The molecule has 1 aromatic carbocycles. The maximum atomic E-state index is 12.7. The lowest BCUT2D eigenvalue weighted by Gasteiger charge is -2.27. The highest BCUT2D eigenvalue weighted by Crippen LogP contribution is 2.32. The molecule has 1 fully saturated rings. The Morgan fingerprint density at radius 1 is 1.14 bits per heavy atom. The van der Waals surface area contributed by atoms with E-state index in [-0.39, 0.29) is 18.6 Å². The van der Waals surface area contributed by atoms with E-state index < -0.39 is 11.7 Å². The van der Waals surface area contributed by atoms with Crippen LogP contribution in [0.2, 0.25) is 0 Å². The quantitative estimate of drug-likeness (QED) is 0.845. The average Bonchev–Trinajstić information content (AvgIpc) is 3.19. The number of aromatic amines is 1. The number of H-pyrrole nitrogens is 1. The highest BCUT2D eigenvalue weighted by molar-refractivity contribution is 5.79. The fourth-order valence-corrected chi connectivity index (χ4v) is 3.56. The number of ether oxygens (including phenoxy) is 2. The van der Waals surface area contributed by atoms with Gasteiger partial charge >= 0.3 is 6.18 Å². The van der Waals surface area contributed by atoms with Gasteiger partial charge in [-0.2, -0.15) is 13.2 Å². The van der Waals surface area contributed by atoms with E-state index in [2.05, 4.69) is 10.3 Å². The van der Waals surface area contributed by atoms with Gasteiger partial charge in [-0.3, -0.25) is 9.69 Å². The van der Waals surface area contributed by atoms with Gasteiger partial charge in [0.2, 0.25) is 12.7 Å². The Balaban J connectivity index is 1.27. The number of carbonyl (C=O) groups is 1. The molecule has 4 rings (SSSR count). The molecule has 2 aliphatic rings. The van der Waals surface area contributed by atoms with E-state index in [1.807, 2.05) is 23.1 Å². The van der Waals surface area contributed by atoms with Crippen molar-refractivity contribution in [1.29, 1.82) is 0 Å². The molecule has 0 bridgehead atoms. The summed E-state index contributed by atoms with van der Waals surface area (Å²) < 4.78 is 48.6. The predicted octanol–water partition coefficient (Wildman–Crippen LogP) is 2.78. The summed E-state index contributed by atoms with van der Waals surface area (Å²) in [6, 6.07) is 8.06. The summed E-state index contributed by atoms with van der Waals surface area (Å²) >= 11 is 0. The summed E-state index contributed by atoms with van der Waals surface area (Å²) in [7, 11) is 0. The van der Waals surface area contributed by atoms with Gasteiger partial charge in [-0.25, -0.2) is 4.98 Å². The van der Waals surface area contributed by atoms with Gasteiger partial charge in [0.1, 0.15) is 6.20 Å². The van der Waals surface area contributed by atoms with Crippen molar-refractivity contribution >= 4 is 11.7 Å². The first-order valence-electron chi connectivity index (χ1n) is 9.40. The van der Waals surface area contributed by atoms with Crippen molar-refractivity contribution in [3.05, 3.63) is 47.7 Å². The lowest BCUT2D eigenvalue weighted by Crippen LogP contribution is -2.42. The minimum Gasteiger partial charge on any atom is -0.454 e. The number of aromatic nitrogens is 1. The van der Waals surface area contributed by atoms with Crippen molar-refractivity contribution in [2.45, 2.75) is 25.6 Å². The number of nitrogens with zero attached hydrogens (tertiary/aromatic N) is 1. The van der Waals surface area contributed by atoms with Gasteiger partial charge < -0.3 is 14.8 Å². The Hall–Kier alpha value is -2.97. The van der Waals surface area contributed by atoms with E-state index in [1.165, 1.54) is 6.07 Å². The largest absolute Gasteiger partial charge is 0.454 e. The van der Waals surface area contributed by atoms with Gasteiger partial charge in [0.25, 0.3) is 5.82 Å². The molecule has 0 saturated carbocycles.